The second kappa shape index (κ2) is 7.04. The molecule has 0 bridgehead atoms. The highest BCUT2D eigenvalue weighted by molar-refractivity contribution is 7.37. The van der Waals surface area contributed by atoms with Gasteiger partial charge in [-0.15, -0.1) is 0 Å². The zero-order chi connectivity index (χ0) is 14.4. The van der Waals surface area contributed by atoms with Crippen LogP contribution in [0.3, 0.4) is 0 Å². The Kier molecular flexibility index (Phi) is 5.10. The molecular formula is C15H16O4P+. The molecule has 104 valence electrons. The third kappa shape index (κ3) is 4.34. The van der Waals surface area contributed by atoms with Crippen molar-refractivity contribution in [3.05, 3.63) is 59.7 Å². The molecule has 20 heavy (non-hydrogen) atoms. The van der Waals surface area contributed by atoms with E-state index >= 15 is 0 Å². The molecule has 0 aromatic heterocycles. The van der Waals surface area contributed by atoms with Crippen LogP contribution >= 0.6 is 8.03 Å². The van der Waals surface area contributed by atoms with E-state index in [1.165, 1.54) is 0 Å². The molecule has 0 saturated carbocycles. The first-order chi connectivity index (χ1) is 9.67. The van der Waals surface area contributed by atoms with E-state index in [1.807, 2.05) is 24.3 Å². The Bertz CT molecular complexity index is 563. The van der Waals surface area contributed by atoms with Crippen molar-refractivity contribution in [3.8, 4) is 11.5 Å². The molecule has 2 rings (SSSR count). The molecule has 4 nitrogen and oxygen atoms in total. The van der Waals surface area contributed by atoms with Gasteiger partial charge in [0.15, 0.2) is 0 Å². The highest BCUT2D eigenvalue weighted by Gasteiger charge is 2.11. The Hall–Kier alpha value is -1.90. The lowest BCUT2D eigenvalue weighted by atomic mass is 10.2. The summed E-state index contributed by atoms with van der Waals surface area (Å²) < 4.78 is 21.5. The Balaban J connectivity index is 1.91. The summed E-state index contributed by atoms with van der Waals surface area (Å²) in [4.78, 5) is 8.84. The van der Waals surface area contributed by atoms with Crippen LogP contribution in [0, 0.1) is 0 Å². The van der Waals surface area contributed by atoms with Crippen molar-refractivity contribution in [2.45, 2.75) is 12.8 Å². The normalized spacial score (nSPS) is 11.0. The predicted octanol–water partition coefficient (Wildman–Crippen LogP) is 3.51. The first-order valence-corrected chi connectivity index (χ1v) is 7.55. The summed E-state index contributed by atoms with van der Waals surface area (Å²) in [5, 5.41) is 0. The average molecular weight is 291 g/mol. The highest BCUT2D eigenvalue weighted by Crippen LogP contribution is 2.23. The van der Waals surface area contributed by atoms with Crippen molar-refractivity contribution >= 4 is 8.03 Å². The van der Waals surface area contributed by atoms with Crippen LogP contribution in [0.15, 0.2) is 48.5 Å². The zero-order valence-electron chi connectivity index (χ0n) is 11.2. The molecule has 0 radical (unpaired) electrons. The first-order valence-electron chi connectivity index (χ1n) is 6.15. The van der Waals surface area contributed by atoms with Crippen molar-refractivity contribution < 1.29 is 18.9 Å². The van der Waals surface area contributed by atoms with Crippen molar-refractivity contribution in [2.24, 2.45) is 0 Å². The predicted molar refractivity (Wildman–Crippen MR) is 77.3 cm³/mol. The molecule has 0 spiro atoms. The molecule has 2 aromatic carbocycles. The van der Waals surface area contributed by atoms with E-state index in [-0.39, 0.29) is 6.16 Å². The quantitative estimate of drug-likeness (QED) is 0.827. The van der Waals surface area contributed by atoms with E-state index < -0.39 is 8.03 Å². The summed E-state index contributed by atoms with van der Waals surface area (Å²) in [5.41, 5.74) is 1.87. The lowest BCUT2D eigenvalue weighted by molar-refractivity contribution is 0.306. The number of hydrogen-bond donors (Lipinski definition) is 1. The molecule has 1 atom stereocenters. The van der Waals surface area contributed by atoms with E-state index in [0.29, 0.717) is 6.61 Å². The van der Waals surface area contributed by atoms with Crippen LogP contribution in [0.5, 0.6) is 11.5 Å². The van der Waals surface area contributed by atoms with Gasteiger partial charge in [-0.1, -0.05) is 24.3 Å². The maximum absolute atomic E-state index is 10.7. The minimum Gasteiger partial charge on any atom is -0.497 e. The maximum atomic E-state index is 10.7. The van der Waals surface area contributed by atoms with E-state index in [0.717, 1.165) is 22.6 Å². The molecule has 5 heteroatoms. The molecule has 0 aliphatic heterocycles. The number of rotatable bonds is 6. The van der Waals surface area contributed by atoms with Gasteiger partial charge in [0.2, 0.25) is 6.16 Å². The Morgan fingerprint density at radius 3 is 2.05 bits per heavy atom. The fourth-order valence-electron chi connectivity index (χ4n) is 1.74. The Morgan fingerprint density at radius 1 is 0.950 bits per heavy atom. The molecule has 1 N–H and O–H groups in total. The van der Waals surface area contributed by atoms with E-state index in [2.05, 4.69) is 0 Å². The van der Waals surface area contributed by atoms with E-state index in [1.54, 1.807) is 31.4 Å². The minimum atomic E-state index is -2.14. The Labute approximate surface area is 118 Å². The van der Waals surface area contributed by atoms with Crippen LogP contribution < -0.4 is 9.47 Å². The zero-order valence-corrected chi connectivity index (χ0v) is 12.0. The molecular weight excluding hydrogens is 275 g/mol. The molecule has 0 amide bonds. The second-order valence-electron chi connectivity index (χ2n) is 4.29. The molecule has 0 saturated heterocycles. The third-order valence-electron chi connectivity index (χ3n) is 2.81. The standard InChI is InChI=1S/C15H15O4P/c1-18-14-6-2-12(3-7-14)10-19-15-8-4-13(5-9-15)11-20(16)17/h2-9H,10-11H2,1H3/p+1. The van der Waals surface area contributed by atoms with Gasteiger partial charge in [-0.2, -0.15) is 4.89 Å². The third-order valence-corrected chi connectivity index (χ3v) is 3.44. The van der Waals surface area contributed by atoms with E-state index in [9.17, 15) is 4.57 Å². The Morgan fingerprint density at radius 2 is 1.50 bits per heavy atom. The molecule has 0 aliphatic carbocycles. The summed E-state index contributed by atoms with van der Waals surface area (Å²) in [5.74, 6) is 1.55. The lowest BCUT2D eigenvalue weighted by Crippen LogP contribution is -1.95. The summed E-state index contributed by atoms with van der Waals surface area (Å²) in [6.45, 7) is 0.470. The summed E-state index contributed by atoms with van der Waals surface area (Å²) in [6.07, 6.45) is 0.175. The van der Waals surface area contributed by atoms with Crippen molar-refractivity contribution in [2.75, 3.05) is 7.11 Å². The van der Waals surface area contributed by atoms with Crippen molar-refractivity contribution in [3.63, 3.8) is 0 Å². The molecule has 1 unspecified atom stereocenters. The van der Waals surface area contributed by atoms with Gasteiger partial charge in [-0.3, -0.25) is 0 Å². The highest BCUT2D eigenvalue weighted by atomic mass is 31.1. The van der Waals surface area contributed by atoms with Gasteiger partial charge in [0, 0.05) is 5.56 Å². The fraction of sp³-hybridized carbons (Fsp3) is 0.200. The summed E-state index contributed by atoms with van der Waals surface area (Å²) in [7, 11) is -0.506. The first kappa shape index (κ1) is 14.5. The fourth-order valence-corrected chi connectivity index (χ4v) is 2.26. The van der Waals surface area contributed by atoms with Gasteiger partial charge in [0.05, 0.1) is 7.11 Å². The van der Waals surface area contributed by atoms with Gasteiger partial charge >= 0.3 is 8.03 Å². The van der Waals surface area contributed by atoms with Crippen molar-refractivity contribution in [1.82, 2.24) is 0 Å². The molecule has 0 aliphatic rings. The van der Waals surface area contributed by atoms with Gasteiger partial charge in [0.25, 0.3) is 0 Å². The van der Waals surface area contributed by atoms with Gasteiger partial charge < -0.3 is 9.47 Å². The summed E-state index contributed by atoms with van der Waals surface area (Å²) >= 11 is 0. The van der Waals surface area contributed by atoms with Crippen molar-refractivity contribution in [1.29, 1.82) is 0 Å². The van der Waals surface area contributed by atoms with Gasteiger partial charge in [0.1, 0.15) is 18.1 Å². The number of benzene rings is 2. The van der Waals surface area contributed by atoms with Crippen LogP contribution in [0.25, 0.3) is 0 Å². The number of hydrogen-bond acceptors (Lipinski definition) is 3. The largest absolute Gasteiger partial charge is 0.510 e. The summed E-state index contributed by atoms with van der Waals surface area (Å²) in [6, 6.07) is 14.9. The number of ether oxygens (including phenoxy) is 2. The SMILES string of the molecule is COc1ccc(COc2ccc(C[P+](=O)O)cc2)cc1. The topological polar surface area (TPSA) is 55.8 Å². The maximum Gasteiger partial charge on any atom is 0.510 e. The van der Waals surface area contributed by atoms with Crippen LogP contribution in [-0.4, -0.2) is 12.0 Å². The van der Waals surface area contributed by atoms with Crippen LogP contribution in [0.1, 0.15) is 11.1 Å². The minimum absolute atomic E-state index is 0.175. The smallest absolute Gasteiger partial charge is 0.497 e. The lowest BCUT2D eigenvalue weighted by Gasteiger charge is -2.07. The van der Waals surface area contributed by atoms with Gasteiger partial charge in [-0.05, 0) is 34.4 Å². The van der Waals surface area contributed by atoms with E-state index in [4.69, 9.17) is 14.4 Å². The van der Waals surface area contributed by atoms with Gasteiger partial charge in [-0.25, -0.2) is 0 Å². The van der Waals surface area contributed by atoms with Crippen LogP contribution in [0.4, 0.5) is 0 Å². The molecule has 0 fully saturated rings. The van der Waals surface area contributed by atoms with Crippen LogP contribution in [-0.2, 0) is 17.3 Å². The number of methoxy groups -OCH3 is 1. The van der Waals surface area contributed by atoms with Crippen LogP contribution in [0.2, 0.25) is 0 Å². The molecule has 0 heterocycles. The average Bonchev–Trinajstić information content (AvgIpc) is 2.46. The second-order valence-corrected chi connectivity index (χ2v) is 5.31. The molecule has 2 aromatic rings. The monoisotopic (exact) mass is 291 g/mol.